The van der Waals surface area contributed by atoms with E-state index in [4.69, 9.17) is 9.47 Å². The molecule has 37 heavy (non-hydrogen) atoms. The third kappa shape index (κ3) is 6.93. The number of rotatable bonds is 9. The molecule has 0 radical (unpaired) electrons. The van der Waals surface area contributed by atoms with Crippen LogP contribution in [0.1, 0.15) is 76.0 Å². The summed E-state index contributed by atoms with van der Waals surface area (Å²) in [6, 6.07) is 7.68. The number of aromatic carboxylic acids is 1. The number of nitrogens with zero attached hydrogens (tertiary/aromatic N) is 3. The summed E-state index contributed by atoms with van der Waals surface area (Å²) < 4.78 is 27.6. The lowest BCUT2D eigenvalue weighted by Crippen LogP contribution is -2.36. The number of benzene rings is 1. The second-order valence-corrected chi connectivity index (χ2v) is 10.9. The fourth-order valence-electron chi connectivity index (χ4n) is 4.07. The molecular weight excluding hydrogens is 477 g/mol. The molecule has 1 N–H and O–H groups in total. The van der Waals surface area contributed by atoms with E-state index in [0.29, 0.717) is 16.7 Å². The van der Waals surface area contributed by atoms with Crippen molar-refractivity contribution in [1.82, 2.24) is 14.8 Å². The van der Waals surface area contributed by atoms with Crippen molar-refractivity contribution in [2.24, 2.45) is 0 Å². The van der Waals surface area contributed by atoms with Crippen molar-refractivity contribution >= 4 is 11.9 Å². The van der Waals surface area contributed by atoms with Crippen LogP contribution in [0.3, 0.4) is 0 Å². The minimum absolute atomic E-state index is 0.0107. The maximum Gasteiger partial charge on any atom is 0.354 e. The summed E-state index contributed by atoms with van der Waals surface area (Å²) in [6.07, 6.45) is 2.96. The number of hydrogen-bond acceptors (Lipinski definition) is 6. The van der Waals surface area contributed by atoms with Gasteiger partial charge in [-0.05, 0) is 87.1 Å². The molecule has 0 aliphatic heterocycles. The van der Waals surface area contributed by atoms with E-state index < -0.39 is 28.9 Å². The Bertz CT molecular complexity index is 1290. The van der Waals surface area contributed by atoms with Gasteiger partial charge in [0.2, 0.25) is 5.88 Å². The maximum absolute atomic E-state index is 14.7. The first-order valence-corrected chi connectivity index (χ1v) is 12.1. The average Bonchev–Trinajstić information content (AvgIpc) is 3.29. The zero-order valence-electron chi connectivity index (χ0n) is 22.3. The van der Waals surface area contributed by atoms with Gasteiger partial charge in [0.1, 0.15) is 23.7 Å². The Hall–Kier alpha value is -3.75. The fourth-order valence-corrected chi connectivity index (χ4v) is 4.07. The zero-order valence-corrected chi connectivity index (χ0v) is 22.3. The number of pyridine rings is 1. The molecule has 0 unspecified atom stereocenters. The molecule has 0 aliphatic carbocycles. The summed E-state index contributed by atoms with van der Waals surface area (Å²) >= 11 is 0. The molecule has 3 rings (SSSR count). The molecule has 0 saturated carbocycles. The van der Waals surface area contributed by atoms with Gasteiger partial charge in [0.25, 0.3) is 0 Å². The van der Waals surface area contributed by atoms with Crippen LogP contribution in [0.15, 0.2) is 42.7 Å². The van der Waals surface area contributed by atoms with Crippen LogP contribution in [-0.2, 0) is 21.5 Å². The molecule has 0 aliphatic rings. The van der Waals surface area contributed by atoms with Crippen LogP contribution in [0.2, 0.25) is 0 Å². The Labute approximate surface area is 216 Å². The number of aromatic nitrogens is 3. The highest BCUT2D eigenvalue weighted by Gasteiger charge is 2.28. The van der Waals surface area contributed by atoms with Crippen LogP contribution < -0.4 is 4.74 Å². The highest BCUT2D eigenvalue weighted by atomic mass is 19.1. The Kier molecular flexibility index (Phi) is 8.05. The monoisotopic (exact) mass is 511 g/mol. The molecule has 0 atom stereocenters. The van der Waals surface area contributed by atoms with Crippen molar-refractivity contribution in [2.75, 3.05) is 6.61 Å². The standard InChI is InChI=1S/C28H34FN3O5/c1-17(2)20-13-19(29)14-21(22(20)15-25(33)37-27(3,4)5)18-8-10-30-24(12-18)36-16-28(6,7)32-23(26(34)35)9-11-31-32/h8-14,17H,15-16H2,1-7H3,(H,34,35). The van der Waals surface area contributed by atoms with Gasteiger partial charge in [0.15, 0.2) is 0 Å². The number of hydrogen-bond donors (Lipinski definition) is 1. The summed E-state index contributed by atoms with van der Waals surface area (Å²) in [5, 5.41) is 13.6. The van der Waals surface area contributed by atoms with Crippen molar-refractivity contribution < 1.29 is 28.6 Å². The maximum atomic E-state index is 14.7. The second kappa shape index (κ2) is 10.7. The first-order chi connectivity index (χ1) is 17.2. The highest BCUT2D eigenvalue weighted by Crippen LogP contribution is 2.34. The van der Waals surface area contributed by atoms with E-state index in [-0.39, 0.29) is 30.5 Å². The SMILES string of the molecule is CC(C)c1cc(F)cc(-c2ccnc(OCC(C)(C)n3nccc3C(=O)O)c2)c1CC(=O)OC(C)(C)C. The largest absolute Gasteiger partial charge is 0.477 e. The molecule has 0 fully saturated rings. The summed E-state index contributed by atoms with van der Waals surface area (Å²) in [5.41, 5.74) is 1.21. The molecule has 9 heteroatoms. The molecule has 1 aromatic carbocycles. The van der Waals surface area contributed by atoms with Crippen molar-refractivity contribution in [2.45, 2.75) is 71.9 Å². The number of ether oxygens (including phenoxy) is 2. The Balaban J connectivity index is 1.95. The summed E-state index contributed by atoms with van der Waals surface area (Å²) in [5.74, 6) is -1.65. The number of halogens is 1. The van der Waals surface area contributed by atoms with Crippen LogP contribution in [0, 0.1) is 5.82 Å². The van der Waals surface area contributed by atoms with Gasteiger partial charge in [-0.1, -0.05) is 13.8 Å². The lowest BCUT2D eigenvalue weighted by molar-refractivity contribution is -0.153. The molecular formula is C28H34FN3O5. The molecule has 8 nitrogen and oxygen atoms in total. The van der Waals surface area contributed by atoms with E-state index in [0.717, 1.165) is 5.56 Å². The van der Waals surface area contributed by atoms with Crippen LogP contribution in [0.4, 0.5) is 4.39 Å². The molecule has 0 spiro atoms. The van der Waals surface area contributed by atoms with E-state index >= 15 is 0 Å². The number of carboxylic acid groups (broad SMARTS) is 1. The van der Waals surface area contributed by atoms with Gasteiger partial charge in [-0.15, -0.1) is 0 Å². The van der Waals surface area contributed by atoms with Crippen LogP contribution in [0.25, 0.3) is 11.1 Å². The van der Waals surface area contributed by atoms with E-state index in [9.17, 15) is 19.1 Å². The van der Waals surface area contributed by atoms with E-state index in [1.54, 1.807) is 52.9 Å². The number of carbonyl (C=O) groups is 2. The average molecular weight is 512 g/mol. The molecule has 0 saturated heterocycles. The van der Waals surface area contributed by atoms with Crippen molar-refractivity contribution in [3.8, 4) is 17.0 Å². The molecule has 2 aromatic heterocycles. The normalized spacial score (nSPS) is 12.0. The number of esters is 1. The predicted molar refractivity (Wildman–Crippen MR) is 137 cm³/mol. The predicted octanol–water partition coefficient (Wildman–Crippen LogP) is 5.60. The molecule has 2 heterocycles. The minimum Gasteiger partial charge on any atom is -0.477 e. The van der Waals surface area contributed by atoms with Gasteiger partial charge >= 0.3 is 11.9 Å². The van der Waals surface area contributed by atoms with Crippen molar-refractivity contribution in [3.05, 3.63) is 65.4 Å². The summed E-state index contributed by atoms with van der Waals surface area (Å²) in [6.45, 7) is 13.0. The van der Waals surface area contributed by atoms with Crippen LogP contribution >= 0.6 is 0 Å². The minimum atomic E-state index is -1.09. The first-order valence-electron chi connectivity index (χ1n) is 12.1. The smallest absolute Gasteiger partial charge is 0.354 e. The van der Waals surface area contributed by atoms with Gasteiger partial charge in [0, 0.05) is 18.5 Å². The Morgan fingerprint density at radius 3 is 2.41 bits per heavy atom. The van der Waals surface area contributed by atoms with Crippen LogP contribution in [0.5, 0.6) is 5.88 Å². The topological polar surface area (TPSA) is 104 Å². The highest BCUT2D eigenvalue weighted by molar-refractivity contribution is 5.85. The third-order valence-electron chi connectivity index (χ3n) is 5.67. The Morgan fingerprint density at radius 1 is 1.08 bits per heavy atom. The van der Waals surface area contributed by atoms with Gasteiger partial charge < -0.3 is 14.6 Å². The Morgan fingerprint density at radius 2 is 1.78 bits per heavy atom. The first kappa shape index (κ1) is 27.8. The van der Waals surface area contributed by atoms with E-state index in [1.807, 2.05) is 13.8 Å². The lowest BCUT2D eigenvalue weighted by Gasteiger charge is -2.26. The van der Waals surface area contributed by atoms with Crippen molar-refractivity contribution in [3.63, 3.8) is 0 Å². The zero-order chi connectivity index (χ0) is 27.5. The fraction of sp³-hybridized carbons (Fsp3) is 0.429. The molecule has 198 valence electrons. The number of carbonyl (C=O) groups excluding carboxylic acids is 1. The summed E-state index contributed by atoms with van der Waals surface area (Å²) in [7, 11) is 0. The van der Waals surface area contributed by atoms with Gasteiger partial charge in [-0.25, -0.2) is 18.9 Å². The summed E-state index contributed by atoms with van der Waals surface area (Å²) in [4.78, 5) is 28.5. The van der Waals surface area contributed by atoms with Crippen molar-refractivity contribution in [1.29, 1.82) is 0 Å². The van der Waals surface area contributed by atoms with E-state index in [2.05, 4.69) is 10.1 Å². The third-order valence-corrected chi connectivity index (χ3v) is 5.67. The second-order valence-electron chi connectivity index (χ2n) is 10.9. The molecule has 0 amide bonds. The van der Waals surface area contributed by atoms with Gasteiger partial charge in [-0.2, -0.15) is 5.10 Å². The quantitative estimate of drug-likeness (QED) is 0.373. The van der Waals surface area contributed by atoms with Gasteiger partial charge in [-0.3, -0.25) is 4.79 Å². The number of carboxylic acids is 1. The lowest BCUT2D eigenvalue weighted by atomic mass is 9.88. The molecule has 0 bridgehead atoms. The molecule has 3 aromatic rings. The van der Waals surface area contributed by atoms with Gasteiger partial charge in [0.05, 0.1) is 12.0 Å². The van der Waals surface area contributed by atoms with E-state index in [1.165, 1.54) is 29.1 Å². The van der Waals surface area contributed by atoms with Crippen LogP contribution in [-0.4, -0.2) is 44.0 Å².